The molecule has 2 aliphatic rings. The molecule has 0 heterocycles. The molecule has 2 aliphatic carbocycles. The first-order valence-corrected chi connectivity index (χ1v) is 14.7. The van der Waals surface area contributed by atoms with Crippen LogP contribution in [-0.2, 0) is 0 Å². The van der Waals surface area contributed by atoms with Crippen LogP contribution in [0.1, 0.15) is 46.2 Å². The van der Waals surface area contributed by atoms with E-state index in [1.54, 1.807) is 0 Å². The molecular formula is C42H30. The van der Waals surface area contributed by atoms with Gasteiger partial charge in [0, 0.05) is 5.92 Å². The highest BCUT2D eigenvalue weighted by Crippen LogP contribution is 2.45. The Morgan fingerprint density at radius 1 is 0.500 bits per heavy atom. The first-order chi connectivity index (χ1) is 20.8. The van der Waals surface area contributed by atoms with Crippen LogP contribution in [0.5, 0.6) is 0 Å². The standard InChI is InChI=1S/C42H30/c1-28-26-38-33(29-14-5-2-6-15-29)22-13-23-36(38)40(28)42-37(25-24-35-34-21-12-11-20-32(34)27-39(35)42)41(30-16-7-3-8-17-30)31-18-9-4-10-19-31/h2-27,40H,1H3. The zero-order chi connectivity index (χ0) is 28.0. The molecule has 0 heteroatoms. The summed E-state index contributed by atoms with van der Waals surface area (Å²) in [4.78, 5) is 0. The van der Waals surface area contributed by atoms with Crippen LogP contribution in [0, 0.1) is 10.4 Å². The maximum absolute atomic E-state index is 2.43. The van der Waals surface area contributed by atoms with Gasteiger partial charge >= 0.3 is 0 Å². The van der Waals surface area contributed by atoms with Crippen molar-refractivity contribution in [3.63, 3.8) is 0 Å². The van der Waals surface area contributed by atoms with Crippen molar-refractivity contribution in [2.24, 2.45) is 0 Å². The molecule has 0 nitrogen and oxygen atoms in total. The van der Waals surface area contributed by atoms with Crippen molar-refractivity contribution in [3.8, 4) is 11.1 Å². The summed E-state index contributed by atoms with van der Waals surface area (Å²) >= 11 is 0. The zero-order valence-corrected chi connectivity index (χ0v) is 23.6. The van der Waals surface area contributed by atoms with Crippen molar-refractivity contribution in [2.75, 3.05) is 0 Å². The minimum absolute atomic E-state index is 0.154. The highest BCUT2D eigenvalue weighted by atomic mass is 14.3. The fourth-order valence-electron chi connectivity index (χ4n) is 7.07. The van der Waals surface area contributed by atoms with Crippen LogP contribution in [0.3, 0.4) is 0 Å². The largest absolute Gasteiger partial charge is 0.0622 e. The van der Waals surface area contributed by atoms with E-state index in [-0.39, 0.29) is 5.92 Å². The smallest absolute Gasteiger partial charge is 0.0318 e. The van der Waals surface area contributed by atoms with Gasteiger partial charge in [0.2, 0.25) is 0 Å². The number of rotatable bonds is 4. The van der Waals surface area contributed by atoms with Crippen molar-refractivity contribution < 1.29 is 0 Å². The maximum Gasteiger partial charge on any atom is 0.0318 e. The van der Waals surface area contributed by atoms with Crippen molar-refractivity contribution >= 4 is 17.7 Å². The van der Waals surface area contributed by atoms with Gasteiger partial charge < -0.3 is 0 Å². The fourth-order valence-corrected chi connectivity index (χ4v) is 7.07. The Morgan fingerprint density at radius 2 is 1.14 bits per heavy atom. The lowest BCUT2D eigenvalue weighted by Crippen LogP contribution is -2.21. The molecule has 0 aliphatic heterocycles. The molecule has 6 aromatic rings. The SMILES string of the molecule is CC1=Cc2c(-c3ccccc3)cccc2C1c1c2c(ccc1=C(c1ccccc1)c1ccccc1)=c1ccccc1=C2. The van der Waals surface area contributed by atoms with E-state index >= 15 is 0 Å². The Bertz CT molecular complexity index is 2180. The van der Waals surface area contributed by atoms with E-state index in [1.165, 1.54) is 76.5 Å². The zero-order valence-electron chi connectivity index (χ0n) is 23.6. The van der Waals surface area contributed by atoms with Gasteiger partial charge in [0.05, 0.1) is 0 Å². The summed E-state index contributed by atoms with van der Waals surface area (Å²) in [5.41, 5.74) is 13.1. The highest BCUT2D eigenvalue weighted by Gasteiger charge is 2.30. The Labute approximate surface area is 246 Å². The third kappa shape index (κ3) is 3.91. The molecule has 0 saturated heterocycles. The number of fused-ring (bicyclic) bond motifs is 3. The predicted molar refractivity (Wildman–Crippen MR) is 175 cm³/mol. The van der Waals surface area contributed by atoms with Crippen LogP contribution < -0.4 is 10.4 Å². The molecule has 0 amide bonds. The van der Waals surface area contributed by atoms with Crippen molar-refractivity contribution in [1.29, 1.82) is 0 Å². The minimum Gasteiger partial charge on any atom is -0.0622 e. The van der Waals surface area contributed by atoms with Crippen LogP contribution in [0.2, 0.25) is 0 Å². The van der Waals surface area contributed by atoms with Crippen molar-refractivity contribution in [3.05, 3.63) is 205 Å². The van der Waals surface area contributed by atoms with Crippen molar-refractivity contribution in [2.45, 2.75) is 12.8 Å². The summed E-state index contributed by atoms with van der Waals surface area (Å²) in [7, 11) is 0. The summed E-state index contributed by atoms with van der Waals surface area (Å²) in [6, 6.07) is 53.0. The van der Waals surface area contributed by atoms with Gasteiger partial charge in [-0.15, -0.1) is 0 Å². The molecule has 0 spiro atoms. The van der Waals surface area contributed by atoms with Gasteiger partial charge in [0.1, 0.15) is 0 Å². The molecule has 8 rings (SSSR count). The predicted octanol–water partition coefficient (Wildman–Crippen LogP) is 8.58. The summed E-state index contributed by atoms with van der Waals surface area (Å²) in [5.74, 6) is 0.154. The molecule has 0 bridgehead atoms. The molecule has 6 aromatic carbocycles. The van der Waals surface area contributed by atoms with Crippen LogP contribution in [0.4, 0.5) is 0 Å². The van der Waals surface area contributed by atoms with Gasteiger partial charge in [-0.25, -0.2) is 0 Å². The minimum atomic E-state index is 0.154. The molecule has 0 radical (unpaired) electrons. The molecule has 42 heavy (non-hydrogen) atoms. The van der Waals surface area contributed by atoms with Gasteiger partial charge in [0.25, 0.3) is 0 Å². The van der Waals surface area contributed by atoms with E-state index in [9.17, 15) is 0 Å². The molecule has 1 unspecified atom stereocenters. The van der Waals surface area contributed by atoms with Crippen molar-refractivity contribution in [1.82, 2.24) is 0 Å². The molecule has 0 fully saturated rings. The average molecular weight is 535 g/mol. The quantitative estimate of drug-likeness (QED) is 0.212. The lowest BCUT2D eigenvalue weighted by atomic mass is 9.81. The van der Waals surface area contributed by atoms with Gasteiger partial charge in [-0.3, -0.25) is 0 Å². The molecule has 0 saturated carbocycles. The topological polar surface area (TPSA) is 0 Å². The Balaban J connectivity index is 1.52. The highest BCUT2D eigenvalue weighted by molar-refractivity contribution is 5.85. The average Bonchev–Trinajstić information content (AvgIpc) is 3.59. The van der Waals surface area contributed by atoms with E-state index < -0.39 is 0 Å². The number of allylic oxidation sites excluding steroid dienone is 1. The van der Waals surface area contributed by atoms with E-state index in [0.717, 1.165) is 0 Å². The Hall–Kier alpha value is -5.20. The molecule has 0 aromatic heterocycles. The van der Waals surface area contributed by atoms with E-state index in [4.69, 9.17) is 0 Å². The lowest BCUT2D eigenvalue weighted by Gasteiger charge is -2.22. The number of benzene rings is 6. The van der Waals surface area contributed by atoms with E-state index in [1.807, 2.05) is 0 Å². The summed E-state index contributed by atoms with van der Waals surface area (Å²) < 4.78 is 0. The van der Waals surface area contributed by atoms with Gasteiger partial charge in [-0.05, 0) is 84.0 Å². The second-order valence-electron chi connectivity index (χ2n) is 11.3. The fraction of sp³-hybridized carbons (Fsp3) is 0.0476. The third-order valence-electron chi connectivity index (χ3n) is 8.88. The second-order valence-corrected chi connectivity index (χ2v) is 11.3. The van der Waals surface area contributed by atoms with Crippen LogP contribution in [-0.4, -0.2) is 0 Å². The normalized spacial score (nSPS) is 14.4. The third-order valence-corrected chi connectivity index (χ3v) is 8.88. The van der Waals surface area contributed by atoms with Crippen LogP contribution >= 0.6 is 0 Å². The number of hydrogen-bond donors (Lipinski definition) is 0. The van der Waals surface area contributed by atoms with Gasteiger partial charge in [0.15, 0.2) is 0 Å². The second kappa shape index (κ2) is 10.0. The van der Waals surface area contributed by atoms with Gasteiger partial charge in [-0.1, -0.05) is 157 Å². The maximum atomic E-state index is 2.43. The van der Waals surface area contributed by atoms with Crippen LogP contribution in [0.15, 0.2) is 151 Å². The molecule has 0 N–H and O–H groups in total. The summed E-state index contributed by atoms with van der Waals surface area (Å²) in [6.07, 6.45) is 4.85. The van der Waals surface area contributed by atoms with E-state index in [0.29, 0.717) is 0 Å². The number of hydrogen-bond acceptors (Lipinski definition) is 0. The van der Waals surface area contributed by atoms with E-state index in [2.05, 4.69) is 165 Å². The monoisotopic (exact) mass is 534 g/mol. The molecule has 1 atom stereocenters. The Morgan fingerprint density at radius 3 is 1.86 bits per heavy atom. The molecule has 198 valence electrons. The van der Waals surface area contributed by atoms with Gasteiger partial charge in [-0.2, -0.15) is 0 Å². The summed E-state index contributed by atoms with van der Waals surface area (Å²) in [5, 5.41) is 5.24. The lowest BCUT2D eigenvalue weighted by molar-refractivity contribution is 0.959. The first-order valence-electron chi connectivity index (χ1n) is 14.7. The van der Waals surface area contributed by atoms with Crippen LogP contribution in [0.25, 0.3) is 28.9 Å². The first kappa shape index (κ1) is 24.6. The Kier molecular flexibility index (Phi) is 5.86. The summed E-state index contributed by atoms with van der Waals surface area (Å²) in [6.45, 7) is 2.31. The molecular weight excluding hydrogens is 504 g/mol.